The van der Waals surface area contributed by atoms with Crippen LogP contribution in [0.25, 0.3) is 10.9 Å². The fourth-order valence-electron chi connectivity index (χ4n) is 1.76. The van der Waals surface area contributed by atoms with Gasteiger partial charge in [0, 0.05) is 11.6 Å². The Hall–Kier alpha value is -1.18. The lowest BCUT2D eigenvalue weighted by Gasteiger charge is -2.13. The van der Waals surface area contributed by atoms with Crippen molar-refractivity contribution >= 4 is 29.4 Å². The summed E-state index contributed by atoms with van der Waals surface area (Å²) in [5, 5.41) is 1.81. The smallest absolute Gasteiger partial charge is 0.171 e. The Kier molecular flexibility index (Phi) is 2.37. The first-order valence-electron chi connectivity index (χ1n) is 4.70. The Bertz CT molecular complexity index is 505. The number of hydrogen-bond donors (Lipinski definition) is 2. The third-order valence-electron chi connectivity index (χ3n) is 2.34. The maximum absolute atomic E-state index is 10.2. The van der Waals surface area contributed by atoms with Gasteiger partial charge in [-0.25, -0.2) is 4.89 Å². The summed E-state index contributed by atoms with van der Waals surface area (Å²) < 4.78 is 0. The number of nitrogens with zero attached hydrogens (tertiary/aromatic N) is 1. The number of pyridine rings is 1. The van der Waals surface area contributed by atoms with Crippen molar-refractivity contribution in [3.05, 3.63) is 30.5 Å². The van der Waals surface area contributed by atoms with E-state index in [9.17, 15) is 4.89 Å². The topological polar surface area (TPSA) is 59.1 Å². The van der Waals surface area contributed by atoms with E-state index in [1.165, 1.54) is 0 Å². The molecule has 3 nitrogen and oxygen atoms in total. The maximum Gasteiger partial charge on any atom is 0.171 e. The highest BCUT2D eigenvalue weighted by atomic mass is 31.2. The first kappa shape index (κ1) is 10.3. The van der Waals surface area contributed by atoms with Crippen molar-refractivity contribution in [1.29, 1.82) is 0 Å². The molecule has 0 saturated carbocycles. The van der Waals surface area contributed by atoms with Crippen molar-refractivity contribution in [2.24, 2.45) is 0 Å². The Labute approximate surface area is 89.4 Å². The minimum absolute atomic E-state index is 0.649. The first-order chi connectivity index (χ1) is 7.00. The molecule has 0 radical (unpaired) electrons. The molecule has 0 fully saturated rings. The van der Waals surface area contributed by atoms with E-state index in [2.05, 4.69) is 4.98 Å². The lowest BCUT2D eigenvalue weighted by Crippen LogP contribution is -2.15. The standard InChI is InChI=1S/C11H14N2OP/c1-15(2,14)11-8-4-3-7-13-10(8)6-5-9(11)12/h3-7,14H,12H2,1-2H3/q+1. The van der Waals surface area contributed by atoms with E-state index in [1.54, 1.807) is 6.20 Å². The molecule has 0 amide bonds. The largest absolute Gasteiger partial charge is 0.395 e. The van der Waals surface area contributed by atoms with Gasteiger partial charge in [0.05, 0.1) is 24.5 Å². The molecule has 1 aromatic heterocycles. The third-order valence-corrected chi connectivity index (χ3v) is 3.93. The van der Waals surface area contributed by atoms with E-state index >= 15 is 0 Å². The van der Waals surface area contributed by atoms with Gasteiger partial charge < -0.3 is 5.73 Å². The van der Waals surface area contributed by atoms with E-state index in [-0.39, 0.29) is 0 Å². The molecule has 0 spiro atoms. The molecule has 2 aromatic rings. The molecule has 15 heavy (non-hydrogen) atoms. The van der Waals surface area contributed by atoms with Crippen LogP contribution in [-0.2, 0) is 0 Å². The summed E-state index contributed by atoms with van der Waals surface area (Å²) in [5.74, 6) is 0. The normalized spacial score (nSPS) is 11.9. The van der Waals surface area contributed by atoms with Gasteiger partial charge in [-0.3, -0.25) is 4.98 Å². The van der Waals surface area contributed by atoms with Gasteiger partial charge in [0.1, 0.15) is 0 Å². The fourth-order valence-corrected chi connectivity index (χ4v) is 3.25. The average molecular weight is 221 g/mol. The van der Waals surface area contributed by atoms with Crippen molar-refractivity contribution in [3.63, 3.8) is 0 Å². The number of fused-ring (bicyclic) bond motifs is 1. The van der Waals surface area contributed by atoms with Crippen molar-refractivity contribution in [2.75, 3.05) is 19.1 Å². The number of aromatic nitrogens is 1. The number of rotatable bonds is 1. The van der Waals surface area contributed by atoms with Gasteiger partial charge in [0.25, 0.3) is 0 Å². The van der Waals surface area contributed by atoms with Crippen LogP contribution in [0.4, 0.5) is 5.69 Å². The number of hydrogen-bond acceptors (Lipinski definition) is 3. The molecular formula is C11H14N2OP+. The van der Waals surface area contributed by atoms with Gasteiger partial charge in [-0.2, -0.15) is 0 Å². The summed E-state index contributed by atoms with van der Waals surface area (Å²) in [6, 6.07) is 7.50. The molecule has 2 rings (SSSR count). The minimum Gasteiger partial charge on any atom is -0.395 e. The predicted molar refractivity (Wildman–Crippen MR) is 66.8 cm³/mol. The van der Waals surface area contributed by atoms with E-state index in [0.717, 1.165) is 16.2 Å². The van der Waals surface area contributed by atoms with Crippen molar-refractivity contribution < 1.29 is 4.89 Å². The molecule has 0 bridgehead atoms. The lowest BCUT2D eigenvalue weighted by molar-refractivity contribution is 0.625. The summed E-state index contributed by atoms with van der Waals surface area (Å²) in [4.78, 5) is 14.4. The molecule has 3 N–H and O–H groups in total. The zero-order chi connectivity index (χ0) is 11.1. The molecule has 0 aliphatic carbocycles. The van der Waals surface area contributed by atoms with Crippen LogP contribution in [0.3, 0.4) is 0 Å². The molecule has 0 atom stereocenters. The van der Waals surface area contributed by atoms with Crippen molar-refractivity contribution in [1.82, 2.24) is 4.98 Å². The number of nitrogens with two attached hydrogens (primary N) is 1. The summed E-state index contributed by atoms with van der Waals surface area (Å²) in [5.41, 5.74) is 7.44. The van der Waals surface area contributed by atoms with Gasteiger partial charge in [0.15, 0.2) is 12.8 Å². The van der Waals surface area contributed by atoms with E-state index < -0.39 is 7.49 Å². The molecule has 0 saturated heterocycles. The molecule has 0 unspecified atom stereocenters. The zero-order valence-corrected chi connectivity index (χ0v) is 9.70. The average Bonchev–Trinajstić information content (AvgIpc) is 2.15. The van der Waals surface area contributed by atoms with Crippen molar-refractivity contribution in [2.45, 2.75) is 0 Å². The highest BCUT2D eigenvalue weighted by molar-refractivity contribution is 7.77. The minimum atomic E-state index is -2.12. The summed E-state index contributed by atoms with van der Waals surface area (Å²) >= 11 is 0. The summed E-state index contributed by atoms with van der Waals surface area (Å²) in [6.07, 6.45) is 1.74. The first-order valence-corrected chi connectivity index (χ1v) is 7.34. The lowest BCUT2D eigenvalue weighted by atomic mass is 10.2. The van der Waals surface area contributed by atoms with Crippen molar-refractivity contribution in [3.8, 4) is 0 Å². The molecule has 1 aromatic carbocycles. The monoisotopic (exact) mass is 221 g/mol. The highest BCUT2D eigenvalue weighted by Gasteiger charge is 2.30. The van der Waals surface area contributed by atoms with Crippen LogP contribution < -0.4 is 11.0 Å². The molecule has 78 valence electrons. The molecule has 0 aliphatic heterocycles. The molecular weight excluding hydrogens is 207 g/mol. The van der Waals surface area contributed by atoms with E-state index in [1.807, 2.05) is 37.6 Å². The van der Waals surface area contributed by atoms with Gasteiger partial charge in [0.2, 0.25) is 0 Å². The van der Waals surface area contributed by atoms with Gasteiger partial charge in [-0.1, -0.05) is 0 Å². The molecule has 0 aliphatic rings. The Balaban J connectivity index is 2.86. The number of nitrogen functional groups attached to an aromatic ring is 1. The van der Waals surface area contributed by atoms with Gasteiger partial charge >= 0.3 is 0 Å². The summed E-state index contributed by atoms with van der Waals surface area (Å²) in [6.45, 7) is 3.68. The number of anilines is 1. The molecule has 4 heteroatoms. The Morgan fingerprint density at radius 3 is 2.67 bits per heavy atom. The van der Waals surface area contributed by atoms with Crippen LogP contribution in [0.2, 0.25) is 0 Å². The zero-order valence-electron chi connectivity index (χ0n) is 8.81. The van der Waals surface area contributed by atoms with Crippen LogP contribution in [0, 0.1) is 0 Å². The second kappa shape index (κ2) is 3.44. The Morgan fingerprint density at radius 1 is 1.27 bits per heavy atom. The Morgan fingerprint density at radius 2 is 2.00 bits per heavy atom. The van der Waals surface area contributed by atoms with Gasteiger partial charge in [-0.05, 0) is 24.3 Å². The quantitative estimate of drug-likeness (QED) is 0.568. The second-order valence-corrected chi connectivity index (χ2v) is 7.20. The van der Waals surface area contributed by atoms with Gasteiger partial charge in [-0.15, -0.1) is 0 Å². The van der Waals surface area contributed by atoms with Crippen LogP contribution in [-0.4, -0.2) is 23.2 Å². The van der Waals surface area contributed by atoms with Crippen LogP contribution in [0.15, 0.2) is 30.5 Å². The molecule has 1 heterocycles. The number of benzene rings is 1. The summed E-state index contributed by atoms with van der Waals surface area (Å²) in [7, 11) is -2.12. The maximum atomic E-state index is 10.2. The predicted octanol–water partition coefficient (Wildman–Crippen LogP) is 1.63. The second-order valence-electron chi connectivity index (χ2n) is 3.97. The van der Waals surface area contributed by atoms with Crippen LogP contribution in [0.5, 0.6) is 0 Å². The van der Waals surface area contributed by atoms with E-state index in [0.29, 0.717) is 5.69 Å². The van der Waals surface area contributed by atoms with E-state index in [4.69, 9.17) is 5.73 Å². The fraction of sp³-hybridized carbons (Fsp3) is 0.182. The van der Waals surface area contributed by atoms with Crippen LogP contribution in [0.1, 0.15) is 0 Å². The SMILES string of the molecule is C[P+](C)(O)c1c(N)ccc2ncccc12. The highest BCUT2D eigenvalue weighted by Crippen LogP contribution is 2.47. The van der Waals surface area contributed by atoms with Crippen LogP contribution >= 0.6 is 7.49 Å². The third kappa shape index (κ3) is 1.81.